The summed E-state index contributed by atoms with van der Waals surface area (Å²) < 4.78 is 4.00. The first kappa shape index (κ1) is 18.3. The van der Waals surface area contributed by atoms with Crippen molar-refractivity contribution in [3.05, 3.63) is 106 Å². The Hall–Kier alpha value is -1.46. The van der Waals surface area contributed by atoms with E-state index in [2.05, 4.69) is 93.6 Å². The predicted molar refractivity (Wildman–Crippen MR) is 110 cm³/mol. The zero-order chi connectivity index (χ0) is 17.6. The topological polar surface area (TPSA) is 0 Å². The molecule has 0 aliphatic rings. The molecule has 3 aromatic rings. The first-order chi connectivity index (χ1) is 12.1. The average Bonchev–Trinajstić information content (AvgIpc) is 2.55. The average molecular weight is 524 g/mol. The summed E-state index contributed by atoms with van der Waals surface area (Å²) in [6.45, 7) is 6.61. The molecule has 0 spiro atoms. The molecule has 0 aliphatic carbocycles. The summed E-state index contributed by atoms with van der Waals surface area (Å²) in [7, 11) is 0. The zero-order valence-corrected chi connectivity index (χ0v) is 19.0. The van der Waals surface area contributed by atoms with Crippen molar-refractivity contribution >= 4 is 21.8 Å². The minimum atomic E-state index is -1.72. The van der Waals surface area contributed by atoms with Gasteiger partial charge in [0.05, 0.1) is 0 Å². The summed E-state index contributed by atoms with van der Waals surface area (Å²) in [4.78, 5) is 0. The van der Waals surface area contributed by atoms with Gasteiger partial charge in [-0.05, 0) is 0 Å². The van der Waals surface area contributed by atoms with E-state index in [0.717, 1.165) is 0 Å². The van der Waals surface area contributed by atoms with Crippen LogP contribution in [0.25, 0.3) is 0 Å². The van der Waals surface area contributed by atoms with E-state index in [1.807, 2.05) is 0 Å². The van der Waals surface area contributed by atoms with Crippen molar-refractivity contribution in [2.24, 2.45) is 0 Å². The molecule has 0 N–H and O–H groups in total. The van der Waals surface area contributed by atoms with Gasteiger partial charge < -0.3 is 0 Å². The van der Waals surface area contributed by atoms with Gasteiger partial charge in [-0.25, -0.2) is 0 Å². The third kappa shape index (κ3) is 5.79. The van der Waals surface area contributed by atoms with E-state index in [4.69, 9.17) is 0 Å². The van der Waals surface area contributed by atoms with Gasteiger partial charge in [0.1, 0.15) is 0 Å². The number of benzene rings is 3. The summed E-state index contributed by atoms with van der Waals surface area (Å²) >= 11 is -1.72. The summed E-state index contributed by atoms with van der Waals surface area (Å²) in [5, 5.41) is 0. The molecule has 0 saturated heterocycles. The molecule has 1 heteroatoms. The van der Waals surface area contributed by atoms with Gasteiger partial charge in [0, 0.05) is 0 Å². The van der Waals surface area contributed by atoms with E-state index in [1.54, 1.807) is 0 Å². The molecule has 0 atom stereocenters. The van der Waals surface area contributed by atoms with Crippen LogP contribution in [0.5, 0.6) is 0 Å². The maximum absolute atomic E-state index is 2.38. The van der Waals surface area contributed by atoms with Crippen LogP contribution in [0.1, 0.15) is 33.4 Å². The van der Waals surface area contributed by atoms with Gasteiger partial charge in [0.15, 0.2) is 0 Å². The van der Waals surface area contributed by atoms with E-state index < -0.39 is 21.8 Å². The molecule has 0 saturated carbocycles. The molecule has 0 nitrogen and oxygen atoms in total. The van der Waals surface area contributed by atoms with Crippen molar-refractivity contribution in [3.63, 3.8) is 0 Å². The van der Waals surface area contributed by atoms with Crippen LogP contribution in [0.4, 0.5) is 0 Å². The van der Waals surface area contributed by atoms with Gasteiger partial charge in [-0.2, -0.15) is 0 Å². The Kier molecular flexibility index (Phi) is 6.43. The van der Waals surface area contributed by atoms with E-state index >= 15 is 0 Å². The van der Waals surface area contributed by atoms with Crippen LogP contribution in [0, 0.1) is 20.8 Å². The van der Waals surface area contributed by atoms with E-state index in [1.165, 1.54) is 45.8 Å². The fourth-order valence-electron chi connectivity index (χ4n) is 3.37. The standard InChI is InChI=1S/3C8H9.Bi/c3*1-7-4-3-5-8(2)6-7;/h3*3-6H,1H2,2H3;. The molecule has 0 bridgehead atoms. The molecule has 0 amide bonds. The minimum absolute atomic E-state index is 1.33. The van der Waals surface area contributed by atoms with Crippen LogP contribution >= 0.6 is 0 Å². The molecule has 25 heavy (non-hydrogen) atoms. The number of hydrogen-bond donors (Lipinski definition) is 0. The van der Waals surface area contributed by atoms with Crippen LogP contribution < -0.4 is 0 Å². The molecule has 0 aromatic heterocycles. The van der Waals surface area contributed by atoms with Gasteiger partial charge in [-0.1, -0.05) is 0 Å². The third-order valence-corrected chi connectivity index (χ3v) is 13.9. The second-order valence-corrected chi connectivity index (χ2v) is 16.0. The second-order valence-electron chi connectivity index (χ2n) is 7.11. The molecule has 3 rings (SSSR count). The Labute approximate surface area is 160 Å². The van der Waals surface area contributed by atoms with Gasteiger partial charge in [-0.15, -0.1) is 0 Å². The molecule has 0 unspecified atom stereocenters. The third-order valence-electron chi connectivity index (χ3n) is 4.47. The quantitative estimate of drug-likeness (QED) is 0.360. The van der Waals surface area contributed by atoms with Gasteiger partial charge in [0.25, 0.3) is 0 Å². The fraction of sp³-hybridized carbons (Fsp3) is 0.250. The SMILES string of the molecule is Cc1cccc([CH2][Bi]([CH2]c2cccc(C)c2)[CH2]c2cccc(C)c2)c1. The van der Waals surface area contributed by atoms with Gasteiger partial charge in [-0.3, -0.25) is 0 Å². The summed E-state index contributed by atoms with van der Waals surface area (Å²) in [6, 6.07) is 27.4. The van der Waals surface area contributed by atoms with Crippen LogP contribution in [-0.4, -0.2) is 21.8 Å². The van der Waals surface area contributed by atoms with Crippen molar-refractivity contribution in [2.75, 3.05) is 0 Å². The normalized spacial score (nSPS) is 11.0. The molecule has 0 aliphatic heterocycles. The monoisotopic (exact) mass is 524 g/mol. The molecule has 0 radical (unpaired) electrons. The molecular weight excluding hydrogens is 497 g/mol. The zero-order valence-electron chi connectivity index (χ0n) is 15.5. The van der Waals surface area contributed by atoms with Gasteiger partial charge >= 0.3 is 161 Å². The van der Waals surface area contributed by atoms with Crippen LogP contribution in [0.3, 0.4) is 0 Å². The van der Waals surface area contributed by atoms with E-state index in [-0.39, 0.29) is 0 Å². The first-order valence-electron chi connectivity index (χ1n) is 8.97. The van der Waals surface area contributed by atoms with Crippen LogP contribution in [-0.2, 0) is 12.4 Å². The Morgan fingerprint density at radius 1 is 0.520 bits per heavy atom. The van der Waals surface area contributed by atoms with E-state index in [0.29, 0.717) is 0 Å². The molecule has 0 fully saturated rings. The predicted octanol–water partition coefficient (Wildman–Crippen LogP) is 5.75. The van der Waals surface area contributed by atoms with Crippen LogP contribution in [0.2, 0.25) is 0 Å². The molecule has 128 valence electrons. The van der Waals surface area contributed by atoms with Crippen LogP contribution in [0.15, 0.2) is 72.8 Å². The Morgan fingerprint density at radius 3 is 1.12 bits per heavy atom. The van der Waals surface area contributed by atoms with Gasteiger partial charge in [0.2, 0.25) is 0 Å². The number of aryl methyl sites for hydroxylation is 3. The van der Waals surface area contributed by atoms with Crippen molar-refractivity contribution in [2.45, 2.75) is 33.2 Å². The molecule has 3 aromatic carbocycles. The fourth-order valence-corrected chi connectivity index (χ4v) is 13.0. The van der Waals surface area contributed by atoms with Crippen molar-refractivity contribution in [1.29, 1.82) is 0 Å². The Bertz CT molecular complexity index is 722. The summed E-state index contributed by atoms with van der Waals surface area (Å²) in [6.07, 6.45) is 0. The van der Waals surface area contributed by atoms with Crippen molar-refractivity contribution in [1.82, 2.24) is 0 Å². The first-order valence-corrected chi connectivity index (χ1v) is 16.3. The number of hydrogen-bond acceptors (Lipinski definition) is 0. The number of rotatable bonds is 6. The van der Waals surface area contributed by atoms with Crippen molar-refractivity contribution < 1.29 is 0 Å². The Morgan fingerprint density at radius 2 is 0.840 bits per heavy atom. The molecule has 0 heterocycles. The Balaban J connectivity index is 1.82. The van der Waals surface area contributed by atoms with E-state index in [9.17, 15) is 0 Å². The molecular formula is C24H27Bi. The summed E-state index contributed by atoms with van der Waals surface area (Å²) in [5.74, 6) is 0. The van der Waals surface area contributed by atoms with Crippen molar-refractivity contribution in [3.8, 4) is 0 Å². The maximum atomic E-state index is 2.38. The second kappa shape index (κ2) is 8.77. The summed E-state index contributed by atoms with van der Waals surface area (Å²) in [5.41, 5.74) is 8.77.